The second-order valence-corrected chi connectivity index (χ2v) is 8.67. The van der Waals surface area contributed by atoms with Gasteiger partial charge in [0.05, 0.1) is 20.9 Å². The summed E-state index contributed by atoms with van der Waals surface area (Å²) in [6.45, 7) is 2.75. The molecule has 4 heterocycles. The lowest BCUT2D eigenvalue weighted by atomic mass is 9.98. The molecule has 0 saturated carbocycles. The SMILES string of the molecule is O=c1cc(CN2CCC[C@@H](c3nc4ccccc4s3)C2)nc2sccn12. The fraction of sp³-hybridized carbons (Fsp3) is 0.316. The zero-order valence-corrected chi connectivity index (χ0v) is 15.8. The van der Waals surface area contributed by atoms with Crippen LogP contribution >= 0.6 is 22.7 Å². The van der Waals surface area contributed by atoms with Gasteiger partial charge in [0.25, 0.3) is 5.56 Å². The van der Waals surface area contributed by atoms with E-state index in [1.807, 2.05) is 22.8 Å². The number of hydrogen-bond donors (Lipinski definition) is 0. The number of nitrogens with zero attached hydrogens (tertiary/aromatic N) is 4. The monoisotopic (exact) mass is 382 g/mol. The molecular weight excluding hydrogens is 364 g/mol. The lowest BCUT2D eigenvalue weighted by Crippen LogP contribution is -2.34. The quantitative estimate of drug-likeness (QED) is 0.542. The Morgan fingerprint density at radius 2 is 2.15 bits per heavy atom. The first-order valence-corrected chi connectivity index (χ1v) is 10.5. The van der Waals surface area contributed by atoms with Crippen LogP contribution in [0.15, 0.2) is 46.7 Å². The van der Waals surface area contributed by atoms with Crippen LogP contribution in [-0.2, 0) is 6.54 Å². The van der Waals surface area contributed by atoms with Gasteiger partial charge in [0, 0.05) is 36.7 Å². The molecule has 1 aliphatic rings. The van der Waals surface area contributed by atoms with E-state index in [1.165, 1.54) is 27.5 Å². The molecular formula is C19H18N4OS2. The van der Waals surface area contributed by atoms with Crippen molar-refractivity contribution in [3.05, 3.63) is 63.0 Å². The fourth-order valence-electron chi connectivity index (χ4n) is 3.66. The summed E-state index contributed by atoms with van der Waals surface area (Å²) in [6.07, 6.45) is 4.11. The van der Waals surface area contributed by atoms with E-state index in [-0.39, 0.29) is 5.56 Å². The van der Waals surface area contributed by atoms with E-state index in [0.717, 1.165) is 42.2 Å². The van der Waals surface area contributed by atoms with Gasteiger partial charge in [0.1, 0.15) is 0 Å². The van der Waals surface area contributed by atoms with E-state index in [2.05, 4.69) is 28.1 Å². The van der Waals surface area contributed by atoms with Gasteiger partial charge in [-0.2, -0.15) is 0 Å². The van der Waals surface area contributed by atoms with Gasteiger partial charge in [-0.3, -0.25) is 14.1 Å². The smallest absolute Gasteiger partial charge is 0.258 e. The predicted molar refractivity (Wildman–Crippen MR) is 106 cm³/mol. The predicted octanol–water partition coefficient (Wildman–Crippen LogP) is 3.75. The zero-order chi connectivity index (χ0) is 17.5. The van der Waals surface area contributed by atoms with Gasteiger partial charge in [-0.05, 0) is 31.5 Å². The van der Waals surface area contributed by atoms with Crippen LogP contribution in [0.4, 0.5) is 0 Å². The lowest BCUT2D eigenvalue weighted by Gasteiger charge is -2.31. The topological polar surface area (TPSA) is 50.5 Å². The Labute approximate surface area is 158 Å². The third-order valence-corrected chi connectivity index (χ3v) is 6.86. The molecule has 1 aromatic carbocycles. The van der Waals surface area contributed by atoms with Crippen LogP contribution in [0, 0.1) is 0 Å². The number of likely N-dealkylation sites (tertiary alicyclic amines) is 1. The lowest BCUT2D eigenvalue weighted by molar-refractivity contribution is 0.198. The van der Waals surface area contributed by atoms with Crippen molar-refractivity contribution in [3.8, 4) is 0 Å². The van der Waals surface area contributed by atoms with Gasteiger partial charge in [-0.1, -0.05) is 12.1 Å². The Balaban J connectivity index is 1.37. The molecule has 7 heteroatoms. The van der Waals surface area contributed by atoms with Crippen molar-refractivity contribution < 1.29 is 0 Å². The molecule has 1 aliphatic heterocycles. The number of fused-ring (bicyclic) bond motifs is 2. The highest BCUT2D eigenvalue weighted by molar-refractivity contribution is 7.18. The minimum absolute atomic E-state index is 0.00554. The van der Waals surface area contributed by atoms with Gasteiger partial charge >= 0.3 is 0 Å². The van der Waals surface area contributed by atoms with E-state index < -0.39 is 0 Å². The Morgan fingerprint density at radius 1 is 1.23 bits per heavy atom. The average molecular weight is 383 g/mol. The third kappa shape index (κ3) is 2.96. The van der Waals surface area contributed by atoms with E-state index in [9.17, 15) is 4.79 Å². The van der Waals surface area contributed by atoms with Crippen molar-refractivity contribution in [2.24, 2.45) is 0 Å². The minimum atomic E-state index is 0.00554. The van der Waals surface area contributed by atoms with Gasteiger partial charge in [0.15, 0.2) is 4.96 Å². The summed E-state index contributed by atoms with van der Waals surface area (Å²) in [5.41, 5.74) is 1.97. The molecule has 132 valence electrons. The van der Waals surface area contributed by atoms with Gasteiger partial charge in [0.2, 0.25) is 0 Å². The zero-order valence-electron chi connectivity index (χ0n) is 14.2. The standard InChI is InChI=1S/C19H18N4OS2/c24-17-10-14(20-19-23(17)8-9-25-19)12-22-7-3-4-13(11-22)18-21-15-5-1-2-6-16(15)26-18/h1-2,5-6,8-10,13H,3-4,7,11-12H2/t13-/m1/s1. The molecule has 0 unspecified atom stereocenters. The summed E-state index contributed by atoms with van der Waals surface area (Å²) in [7, 11) is 0. The number of piperidine rings is 1. The van der Waals surface area contributed by atoms with Gasteiger partial charge in [-0.25, -0.2) is 9.97 Å². The molecule has 0 aliphatic carbocycles. The molecule has 26 heavy (non-hydrogen) atoms. The van der Waals surface area contributed by atoms with Crippen LogP contribution in [0.5, 0.6) is 0 Å². The van der Waals surface area contributed by atoms with Crippen LogP contribution in [0.3, 0.4) is 0 Å². The molecule has 5 nitrogen and oxygen atoms in total. The number of thiazole rings is 2. The van der Waals surface area contributed by atoms with Crippen molar-refractivity contribution >= 4 is 37.9 Å². The highest BCUT2D eigenvalue weighted by atomic mass is 32.1. The van der Waals surface area contributed by atoms with Crippen molar-refractivity contribution in [2.75, 3.05) is 13.1 Å². The Kier molecular flexibility index (Phi) is 4.07. The Morgan fingerprint density at radius 3 is 3.08 bits per heavy atom. The van der Waals surface area contributed by atoms with Crippen LogP contribution in [-0.4, -0.2) is 32.4 Å². The maximum atomic E-state index is 12.2. The van der Waals surface area contributed by atoms with Crippen molar-refractivity contribution in [1.29, 1.82) is 0 Å². The summed E-state index contributed by atoms with van der Waals surface area (Å²) in [5, 5.41) is 3.13. The summed E-state index contributed by atoms with van der Waals surface area (Å²) in [6, 6.07) is 10.0. The van der Waals surface area contributed by atoms with Crippen molar-refractivity contribution in [3.63, 3.8) is 0 Å². The Hall–Kier alpha value is -2.09. The molecule has 1 atom stereocenters. The molecule has 0 spiro atoms. The number of aromatic nitrogens is 3. The number of hydrogen-bond acceptors (Lipinski definition) is 6. The number of para-hydroxylation sites is 1. The summed E-state index contributed by atoms with van der Waals surface area (Å²) in [4.78, 5) is 24.9. The molecule has 0 bridgehead atoms. The summed E-state index contributed by atoms with van der Waals surface area (Å²) in [5.74, 6) is 0.465. The summed E-state index contributed by atoms with van der Waals surface area (Å²) < 4.78 is 2.87. The maximum absolute atomic E-state index is 12.2. The number of rotatable bonds is 3. The summed E-state index contributed by atoms with van der Waals surface area (Å²) >= 11 is 3.32. The Bertz CT molecular complexity index is 1100. The minimum Gasteiger partial charge on any atom is -0.297 e. The van der Waals surface area contributed by atoms with Gasteiger partial charge in [-0.15, -0.1) is 22.7 Å². The molecule has 3 aromatic heterocycles. The highest BCUT2D eigenvalue weighted by Crippen LogP contribution is 2.33. The largest absolute Gasteiger partial charge is 0.297 e. The van der Waals surface area contributed by atoms with Crippen molar-refractivity contribution in [2.45, 2.75) is 25.3 Å². The normalized spacial score (nSPS) is 18.7. The van der Waals surface area contributed by atoms with Crippen LogP contribution in [0.25, 0.3) is 15.2 Å². The second-order valence-electron chi connectivity index (χ2n) is 6.74. The number of benzene rings is 1. The molecule has 1 fully saturated rings. The molecule has 0 radical (unpaired) electrons. The van der Waals surface area contributed by atoms with Crippen molar-refractivity contribution in [1.82, 2.24) is 19.3 Å². The first-order valence-electron chi connectivity index (χ1n) is 8.80. The molecule has 5 rings (SSSR count). The third-order valence-electron chi connectivity index (χ3n) is 4.91. The molecule has 1 saturated heterocycles. The molecule has 4 aromatic rings. The average Bonchev–Trinajstić information content (AvgIpc) is 3.28. The van der Waals surface area contributed by atoms with Crippen LogP contribution in [0.2, 0.25) is 0 Å². The van der Waals surface area contributed by atoms with E-state index >= 15 is 0 Å². The highest BCUT2D eigenvalue weighted by Gasteiger charge is 2.24. The fourth-order valence-corrected chi connectivity index (χ4v) is 5.50. The van der Waals surface area contributed by atoms with Crippen LogP contribution in [0.1, 0.15) is 29.5 Å². The maximum Gasteiger partial charge on any atom is 0.258 e. The first-order chi connectivity index (χ1) is 12.8. The van der Waals surface area contributed by atoms with Crippen LogP contribution < -0.4 is 5.56 Å². The molecule has 0 N–H and O–H groups in total. The van der Waals surface area contributed by atoms with E-state index in [0.29, 0.717) is 5.92 Å². The van der Waals surface area contributed by atoms with E-state index in [4.69, 9.17) is 4.98 Å². The first kappa shape index (κ1) is 16.1. The van der Waals surface area contributed by atoms with E-state index in [1.54, 1.807) is 16.7 Å². The molecule has 0 amide bonds. The van der Waals surface area contributed by atoms with Gasteiger partial charge < -0.3 is 0 Å². The second kappa shape index (κ2) is 6.57.